The lowest BCUT2D eigenvalue weighted by molar-refractivity contribution is -0.162. The Hall–Kier alpha value is -1.72. The van der Waals surface area contributed by atoms with Crippen LogP contribution >= 0.6 is 0 Å². The average Bonchev–Trinajstić information content (AvgIpc) is 2.44. The summed E-state index contributed by atoms with van der Waals surface area (Å²) < 4.78 is 9.76. The Bertz CT molecular complexity index is 362. The van der Waals surface area contributed by atoms with E-state index in [0.29, 0.717) is 12.8 Å². The number of carbonyl (C=O) groups is 4. The van der Waals surface area contributed by atoms with E-state index in [1.54, 1.807) is 0 Å². The first-order valence-electron chi connectivity index (χ1n) is 6.89. The monoisotopic (exact) mass is 284 g/mol. The van der Waals surface area contributed by atoms with Crippen LogP contribution in [0.3, 0.4) is 0 Å². The molecule has 20 heavy (non-hydrogen) atoms. The van der Waals surface area contributed by atoms with Crippen molar-refractivity contribution in [2.24, 2.45) is 11.8 Å². The maximum atomic E-state index is 11.9. The second-order valence-corrected chi connectivity index (χ2v) is 4.78. The van der Waals surface area contributed by atoms with Crippen LogP contribution in [0.1, 0.15) is 39.5 Å². The summed E-state index contributed by atoms with van der Waals surface area (Å²) in [6.45, 7) is 4.11. The molecule has 0 aliphatic heterocycles. The number of ether oxygens (including phenoxy) is 2. The second kappa shape index (κ2) is 7.77. The highest BCUT2D eigenvalue weighted by Gasteiger charge is 2.43. The minimum atomic E-state index is -1.07. The molecule has 0 radical (unpaired) electrons. The fourth-order valence-electron chi connectivity index (χ4n) is 1.95. The highest BCUT2D eigenvalue weighted by atomic mass is 16.5. The van der Waals surface area contributed by atoms with Gasteiger partial charge in [-0.3, -0.25) is 19.2 Å². The molecule has 2 atom stereocenters. The number of hydrogen-bond acceptors (Lipinski definition) is 6. The molecule has 1 rings (SSSR count). The van der Waals surface area contributed by atoms with Gasteiger partial charge in [0.15, 0.2) is 0 Å². The maximum absolute atomic E-state index is 11.9. The van der Waals surface area contributed by atoms with E-state index in [-0.39, 0.29) is 26.1 Å². The average molecular weight is 284 g/mol. The van der Waals surface area contributed by atoms with Crippen molar-refractivity contribution in [2.45, 2.75) is 39.5 Å². The SMILES string of the molecule is CCCOC(=O)C1CC(=O)C(C(=O)OCCC)CC1=O. The predicted octanol–water partition coefficient (Wildman–Crippen LogP) is 1.06. The molecule has 2 unspecified atom stereocenters. The summed E-state index contributed by atoms with van der Waals surface area (Å²) in [5, 5.41) is 0. The van der Waals surface area contributed by atoms with Gasteiger partial charge in [-0.05, 0) is 12.8 Å². The highest BCUT2D eigenvalue weighted by Crippen LogP contribution is 2.25. The third kappa shape index (κ3) is 4.15. The minimum absolute atomic E-state index is 0.221. The first kappa shape index (κ1) is 16.3. The molecule has 1 aliphatic rings. The maximum Gasteiger partial charge on any atom is 0.316 e. The van der Waals surface area contributed by atoms with Crippen molar-refractivity contribution in [2.75, 3.05) is 13.2 Å². The fraction of sp³-hybridized carbons (Fsp3) is 0.714. The molecule has 0 N–H and O–H groups in total. The van der Waals surface area contributed by atoms with Crippen LogP contribution in [-0.4, -0.2) is 36.7 Å². The molecule has 0 heterocycles. The molecule has 1 saturated carbocycles. The Morgan fingerprint density at radius 1 is 0.900 bits per heavy atom. The first-order valence-corrected chi connectivity index (χ1v) is 6.89. The van der Waals surface area contributed by atoms with Crippen molar-refractivity contribution < 1.29 is 28.7 Å². The summed E-state index contributed by atoms with van der Waals surface area (Å²) in [5.41, 5.74) is 0. The van der Waals surface area contributed by atoms with Crippen molar-refractivity contribution in [1.29, 1.82) is 0 Å². The molecule has 0 aromatic heterocycles. The summed E-state index contributed by atoms with van der Waals surface area (Å²) in [4.78, 5) is 47.0. The zero-order chi connectivity index (χ0) is 15.1. The van der Waals surface area contributed by atoms with E-state index in [4.69, 9.17) is 9.47 Å². The summed E-state index contributed by atoms with van der Waals surface area (Å²) >= 11 is 0. The van der Waals surface area contributed by atoms with Crippen molar-refractivity contribution in [3.05, 3.63) is 0 Å². The molecule has 0 amide bonds. The molecule has 6 heteroatoms. The first-order chi connectivity index (χ1) is 9.51. The minimum Gasteiger partial charge on any atom is -0.465 e. The van der Waals surface area contributed by atoms with Gasteiger partial charge in [-0.25, -0.2) is 0 Å². The second-order valence-electron chi connectivity index (χ2n) is 4.78. The van der Waals surface area contributed by atoms with Crippen molar-refractivity contribution in [1.82, 2.24) is 0 Å². The largest absolute Gasteiger partial charge is 0.465 e. The van der Waals surface area contributed by atoms with Crippen LogP contribution in [0.2, 0.25) is 0 Å². The van der Waals surface area contributed by atoms with Gasteiger partial charge in [0.25, 0.3) is 0 Å². The Kier molecular flexibility index (Phi) is 6.35. The molecule has 1 fully saturated rings. The van der Waals surface area contributed by atoms with Crippen LogP contribution in [0.5, 0.6) is 0 Å². The van der Waals surface area contributed by atoms with E-state index < -0.39 is 35.3 Å². The normalized spacial score (nSPS) is 22.5. The third-order valence-electron chi connectivity index (χ3n) is 3.05. The van der Waals surface area contributed by atoms with Crippen LogP contribution in [0.15, 0.2) is 0 Å². The highest BCUT2D eigenvalue weighted by molar-refractivity contribution is 6.12. The van der Waals surface area contributed by atoms with Crippen molar-refractivity contribution in [3.8, 4) is 0 Å². The van der Waals surface area contributed by atoms with Crippen LogP contribution in [-0.2, 0) is 28.7 Å². The molecule has 0 aromatic carbocycles. The molecule has 0 saturated heterocycles. The Morgan fingerprint density at radius 2 is 1.25 bits per heavy atom. The fourth-order valence-corrected chi connectivity index (χ4v) is 1.95. The van der Waals surface area contributed by atoms with Gasteiger partial charge in [0.2, 0.25) is 0 Å². The predicted molar refractivity (Wildman–Crippen MR) is 68.7 cm³/mol. The summed E-state index contributed by atoms with van der Waals surface area (Å²) in [7, 11) is 0. The van der Waals surface area contributed by atoms with Gasteiger partial charge in [0, 0.05) is 12.8 Å². The lowest BCUT2D eigenvalue weighted by atomic mass is 9.80. The van der Waals surface area contributed by atoms with Gasteiger partial charge < -0.3 is 9.47 Å². The molecule has 112 valence electrons. The van der Waals surface area contributed by atoms with Crippen LogP contribution in [0.4, 0.5) is 0 Å². The Labute approximate surface area is 117 Å². The topological polar surface area (TPSA) is 86.7 Å². The lowest BCUT2D eigenvalue weighted by Gasteiger charge is -2.23. The smallest absolute Gasteiger partial charge is 0.316 e. The van der Waals surface area contributed by atoms with Crippen molar-refractivity contribution in [3.63, 3.8) is 0 Å². The third-order valence-corrected chi connectivity index (χ3v) is 3.05. The van der Waals surface area contributed by atoms with E-state index >= 15 is 0 Å². The number of Topliss-reactive ketones (excluding diaryl/α,β-unsaturated/α-hetero) is 2. The number of rotatable bonds is 6. The molecule has 0 spiro atoms. The van der Waals surface area contributed by atoms with Gasteiger partial charge in [-0.2, -0.15) is 0 Å². The van der Waals surface area contributed by atoms with E-state index in [9.17, 15) is 19.2 Å². The van der Waals surface area contributed by atoms with E-state index in [2.05, 4.69) is 0 Å². The molecule has 6 nitrogen and oxygen atoms in total. The van der Waals surface area contributed by atoms with Gasteiger partial charge in [0.1, 0.15) is 23.4 Å². The quantitative estimate of drug-likeness (QED) is 0.535. The zero-order valence-corrected chi connectivity index (χ0v) is 11.8. The molecule has 0 bridgehead atoms. The van der Waals surface area contributed by atoms with Crippen LogP contribution in [0, 0.1) is 11.8 Å². The zero-order valence-electron chi connectivity index (χ0n) is 11.8. The van der Waals surface area contributed by atoms with Crippen LogP contribution < -0.4 is 0 Å². The Morgan fingerprint density at radius 3 is 1.55 bits per heavy atom. The van der Waals surface area contributed by atoms with E-state index in [1.165, 1.54) is 0 Å². The Balaban J connectivity index is 2.62. The number of esters is 2. The van der Waals surface area contributed by atoms with E-state index in [0.717, 1.165) is 0 Å². The lowest BCUT2D eigenvalue weighted by Crippen LogP contribution is -2.41. The van der Waals surface area contributed by atoms with Gasteiger partial charge in [-0.15, -0.1) is 0 Å². The van der Waals surface area contributed by atoms with Gasteiger partial charge >= 0.3 is 11.9 Å². The standard InChI is InChI=1S/C14H20O6/c1-3-5-19-13(17)9-7-12(16)10(8-11(9)15)14(18)20-6-4-2/h9-10H,3-8H2,1-2H3. The number of ketones is 2. The molecule has 1 aliphatic carbocycles. The molecule has 0 aromatic rings. The number of carbonyl (C=O) groups excluding carboxylic acids is 4. The molecular weight excluding hydrogens is 264 g/mol. The number of hydrogen-bond donors (Lipinski definition) is 0. The summed E-state index contributed by atoms with van der Waals surface area (Å²) in [6.07, 6.45) is 0.750. The summed E-state index contributed by atoms with van der Waals surface area (Å²) in [5.74, 6) is -4.34. The van der Waals surface area contributed by atoms with Gasteiger partial charge in [0.05, 0.1) is 13.2 Å². The summed E-state index contributed by atoms with van der Waals surface area (Å²) in [6, 6.07) is 0. The van der Waals surface area contributed by atoms with Crippen LogP contribution in [0.25, 0.3) is 0 Å². The van der Waals surface area contributed by atoms with Gasteiger partial charge in [-0.1, -0.05) is 13.8 Å². The molecular formula is C14H20O6. The van der Waals surface area contributed by atoms with Crippen molar-refractivity contribution >= 4 is 23.5 Å². The van der Waals surface area contributed by atoms with E-state index in [1.807, 2.05) is 13.8 Å².